The maximum Gasteiger partial charge on any atom is 0.285 e. The third-order valence-electron chi connectivity index (χ3n) is 1.60. The molecular formula is C8H12N4O2S. The Labute approximate surface area is 87.8 Å². The predicted molar refractivity (Wildman–Crippen MR) is 58.6 cm³/mol. The van der Waals surface area contributed by atoms with Crippen LogP contribution in [0.3, 0.4) is 0 Å². The van der Waals surface area contributed by atoms with Gasteiger partial charge in [0.1, 0.15) is 0 Å². The minimum atomic E-state index is -3.85. The molecule has 1 aromatic rings. The molecule has 0 aliphatic rings. The van der Waals surface area contributed by atoms with E-state index in [4.69, 9.17) is 17.2 Å². The van der Waals surface area contributed by atoms with Crippen molar-refractivity contribution in [2.45, 2.75) is 11.8 Å². The normalized spacial score (nSPS) is 11.0. The number of nitrogens with two attached hydrogens (primary N) is 3. The molecule has 15 heavy (non-hydrogen) atoms. The number of hydrogen-bond acceptors (Lipinski definition) is 3. The van der Waals surface area contributed by atoms with E-state index in [1.165, 1.54) is 12.1 Å². The van der Waals surface area contributed by atoms with Gasteiger partial charge in [-0.1, -0.05) is 0 Å². The van der Waals surface area contributed by atoms with Gasteiger partial charge in [-0.3, -0.25) is 0 Å². The minimum absolute atomic E-state index is 0.0200. The Hall–Kier alpha value is -1.76. The number of anilines is 1. The standard InChI is InChI=1S/C8H12N4O2S/c1-5-2-6(9)4-7(3-5)15(13,14)12-8(10)11/h2-4H,9H2,1H3,(H4,10,11,12). The number of nitrogen functional groups attached to an aromatic ring is 1. The molecule has 0 spiro atoms. The van der Waals surface area contributed by atoms with Crippen molar-refractivity contribution in [1.82, 2.24) is 0 Å². The number of benzene rings is 1. The number of guanidine groups is 1. The van der Waals surface area contributed by atoms with E-state index in [0.29, 0.717) is 5.69 Å². The van der Waals surface area contributed by atoms with Gasteiger partial charge in [0, 0.05) is 5.69 Å². The van der Waals surface area contributed by atoms with Crippen molar-refractivity contribution in [2.75, 3.05) is 5.73 Å². The Kier molecular flexibility index (Phi) is 2.85. The SMILES string of the molecule is Cc1cc(N)cc(S(=O)(=O)N=C(N)N)c1. The number of sulfonamides is 1. The molecule has 0 bridgehead atoms. The molecule has 0 unspecified atom stereocenters. The van der Waals surface area contributed by atoms with Crippen molar-refractivity contribution in [1.29, 1.82) is 0 Å². The van der Waals surface area contributed by atoms with E-state index in [2.05, 4.69) is 4.40 Å². The lowest BCUT2D eigenvalue weighted by molar-refractivity contribution is 0.598. The summed E-state index contributed by atoms with van der Waals surface area (Å²) in [7, 11) is -3.85. The molecule has 82 valence electrons. The van der Waals surface area contributed by atoms with Crippen molar-refractivity contribution in [3.05, 3.63) is 23.8 Å². The molecule has 0 radical (unpaired) electrons. The Morgan fingerprint density at radius 3 is 2.33 bits per heavy atom. The summed E-state index contributed by atoms with van der Waals surface area (Å²) in [5, 5.41) is 0. The van der Waals surface area contributed by atoms with Gasteiger partial charge in [0.25, 0.3) is 10.0 Å². The lowest BCUT2D eigenvalue weighted by Gasteiger charge is -2.02. The fourth-order valence-electron chi connectivity index (χ4n) is 1.12. The van der Waals surface area contributed by atoms with Crippen molar-refractivity contribution in [3.8, 4) is 0 Å². The molecule has 1 aromatic carbocycles. The topological polar surface area (TPSA) is 125 Å². The quantitative estimate of drug-likeness (QED) is 0.359. The maximum atomic E-state index is 11.5. The van der Waals surface area contributed by atoms with Gasteiger partial charge in [0.15, 0.2) is 0 Å². The minimum Gasteiger partial charge on any atom is -0.399 e. The van der Waals surface area contributed by atoms with Crippen LogP contribution in [0.5, 0.6) is 0 Å². The summed E-state index contributed by atoms with van der Waals surface area (Å²) < 4.78 is 26.2. The number of hydrogen-bond donors (Lipinski definition) is 3. The molecule has 0 saturated heterocycles. The summed E-state index contributed by atoms with van der Waals surface area (Å²) in [6, 6.07) is 4.39. The summed E-state index contributed by atoms with van der Waals surface area (Å²) in [6.45, 7) is 1.73. The Bertz CT molecular complexity index is 483. The highest BCUT2D eigenvalue weighted by atomic mass is 32.2. The Morgan fingerprint density at radius 2 is 1.87 bits per heavy atom. The van der Waals surface area contributed by atoms with E-state index in [1.54, 1.807) is 13.0 Å². The lowest BCUT2D eigenvalue weighted by Crippen LogP contribution is -2.24. The van der Waals surface area contributed by atoms with Crippen molar-refractivity contribution in [2.24, 2.45) is 15.9 Å². The summed E-state index contributed by atoms with van der Waals surface area (Å²) >= 11 is 0. The van der Waals surface area contributed by atoms with E-state index in [9.17, 15) is 8.42 Å². The van der Waals surface area contributed by atoms with Crippen LogP contribution in [0, 0.1) is 6.92 Å². The first kappa shape index (κ1) is 11.3. The fraction of sp³-hybridized carbons (Fsp3) is 0.125. The molecule has 6 N–H and O–H groups in total. The molecule has 0 amide bonds. The van der Waals surface area contributed by atoms with Crippen LogP contribution < -0.4 is 17.2 Å². The van der Waals surface area contributed by atoms with Gasteiger partial charge >= 0.3 is 0 Å². The Morgan fingerprint density at radius 1 is 1.27 bits per heavy atom. The third kappa shape index (κ3) is 2.84. The highest BCUT2D eigenvalue weighted by Gasteiger charge is 2.13. The summed E-state index contributed by atoms with van der Waals surface area (Å²) in [5.74, 6) is -0.505. The maximum absolute atomic E-state index is 11.5. The number of nitrogens with zero attached hydrogens (tertiary/aromatic N) is 1. The van der Waals surface area contributed by atoms with Gasteiger partial charge in [-0.2, -0.15) is 8.42 Å². The van der Waals surface area contributed by atoms with Crippen molar-refractivity contribution < 1.29 is 8.42 Å². The van der Waals surface area contributed by atoms with Crippen LogP contribution >= 0.6 is 0 Å². The predicted octanol–water partition coefficient (Wildman–Crippen LogP) is -0.461. The second-order valence-electron chi connectivity index (χ2n) is 3.07. The second kappa shape index (κ2) is 3.77. The monoisotopic (exact) mass is 228 g/mol. The van der Waals surface area contributed by atoms with Gasteiger partial charge in [-0.25, -0.2) is 0 Å². The summed E-state index contributed by atoms with van der Waals surface area (Å²) in [6.07, 6.45) is 0. The highest BCUT2D eigenvalue weighted by molar-refractivity contribution is 7.90. The first-order chi connectivity index (χ1) is 6.81. The number of rotatable bonds is 2. The molecule has 0 heterocycles. The fourth-order valence-corrected chi connectivity index (χ4v) is 2.12. The van der Waals surface area contributed by atoms with Crippen molar-refractivity contribution >= 4 is 21.7 Å². The highest BCUT2D eigenvalue weighted by Crippen LogP contribution is 2.17. The summed E-state index contributed by atoms with van der Waals surface area (Å²) in [4.78, 5) is -0.0200. The average Bonchev–Trinajstić information content (AvgIpc) is 1.99. The molecule has 0 fully saturated rings. The van der Waals surface area contributed by atoms with E-state index in [-0.39, 0.29) is 4.90 Å². The van der Waals surface area contributed by atoms with Gasteiger partial charge in [-0.05, 0) is 30.7 Å². The van der Waals surface area contributed by atoms with Crippen LogP contribution in [-0.2, 0) is 10.0 Å². The van der Waals surface area contributed by atoms with Gasteiger partial charge in [-0.15, -0.1) is 4.40 Å². The zero-order valence-corrected chi connectivity index (χ0v) is 8.95. The lowest BCUT2D eigenvalue weighted by atomic mass is 10.2. The number of aryl methyl sites for hydroxylation is 1. The third-order valence-corrected chi connectivity index (χ3v) is 2.88. The largest absolute Gasteiger partial charge is 0.399 e. The van der Waals surface area contributed by atoms with E-state index in [0.717, 1.165) is 5.56 Å². The molecule has 0 saturated carbocycles. The van der Waals surface area contributed by atoms with Crippen molar-refractivity contribution in [3.63, 3.8) is 0 Å². The van der Waals surface area contributed by atoms with E-state index in [1.807, 2.05) is 0 Å². The molecule has 0 aliphatic heterocycles. The van der Waals surface area contributed by atoms with Crippen LogP contribution in [0.25, 0.3) is 0 Å². The molecule has 0 aromatic heterocycles. The smallest absolute Gasteiger partial charge is 0.285 e. The van der Waals surface area contributed by atoms with Crippen LogP contribution in [0.15, 0.2) is 27.5 Å². The molecule has 6 nitrogen and oxygen atoms in total. The molecule has 0 aliphatic carbocycles. The van der Waals surface area contributed by atoms with Gasteiger partial charge < -0.3 is 17.2 Å². The first-order valence-electron chi connectivity index (χ1n) is 4.04. The zero-order valence-electron chi connectivity index (χ0n) is 8.14. The average molecular weight is 228 g/mol. The molecule has 0 atom stereocenters. The molecule has 7 heteroatoms. The van der Waals surface area contributed by atoms with E-state index >= 15 is 0 Å². The second-order valence-corrected chi connectivity index (χ2v) is 4.67. The van der Waals surface area contributed by atoms with Gasteiger partial charge in [0.2, 0.25) is 5.96 Å². The molecular weight excluding hydrogens is 216 g/mol. The Balaban J connectivity index is 3.34. The van der Waals surface area contributed by atoms with Crippen LogP contribution in [-0.4, -0.2) is 14.4 Å². The molecule has 1 rings (SSSR count). The van der Waals surface area contributed by atoms with Crippen LogP contribution in [0.4, 0.5) is 5.69 Å². The van der Waals surface area contributed by atoms with Gasteiger partial charge in [0.05, 0.1) is 4.90 Å². The van der Waals surface area contributed by atoms with E-state index < -0.39 is 16.0 Å². The zero-order chi connectivity index (χ0) is 11.6. The first-order valence-corrected chi connectivity index (χ1v) is 5.48. The van der Waals surface area contributed by atoms with Crippen LogP contribution in [0.1, 0.15) is 5.56 Å². The summed E-state index contributed by atoms with van der Waals surface area (Å²) in [5.41, 5.74) is 16.6. The van der Waals surface area contributed by atoms with Crippen LogP contribution in [0.2, 0.25) is 0 Å².